The van der Waals surface area contributed by atoms with Gasteiger partial charge in [-0.1, -0.05) is 41.2 Å². The molecule has 1 atom stereocenters. The topological polar surface area (TPSA) is 58.1 Å². The molecule has 0 bridgehead atoms. The van der Waals surface area contributed by atoms with Gasteiger partial charge in [0.05, 0.1) is 6.54 Å². The van der Waals surface area contributed by atoms with Crippen LogP contribution in [-0.2, 0) is 11.2 Å². The first-order valence-corrected chi connectivity index (χ1v) is 8.91. The number of likely N-dealkylation sites (tertiary alicyclic amines) is 1. The number of carbonyl (C=O) groups is 1. The minimum Gasteiger partial charge on any atom is -0.299 e. The third-order valence-corrected chi connectivity index (χ3v) is 4.83. The van der Waals surface area contributed by atoms with Crippen molar-refractivity contribution < 1.29 is 4.79 Å². The molecule has 2 heterocycles. The van der Waals surface area contributed by atoms with Crippen LogP contribution in [0.4, 0.5) is 5.13 Å². The molecule has 5 nitrogen and oxygen atoms in total. The summed E-state index contributed by atoms with van der Waals surface area (Å²) in [6.45, 7) is 4.53. The Hall–Kier alpha value is -1.79. The van der Waals surface area contributed by atoms with Crippen LogP contribution in [0.5, 0.6) is 0 Å². The van der Waals surface area contributed by atoms with Gasteiger partial charge in [-0.25, -0.2) is 0 Å². The van der Waals surface area contributed by atoms with Gasteiger partial charge in [0, 0.05) is 6.54 Å². The first-order chi connectivity index (χ1) is 11.2. The first-order valence-electron chi connectivity index (χ1n) is 8.03. The van der Waals surface area contributed by atoms with Gasteiger partial charge in [-0.2, -0.15) is 0 Å². The smallest absolute Gasteiger partial charge is 0.240 e. The zero-order valence-corrected chi connectivity index (χ0v) is 14.2. The monoisotopic (exact) mass is 330 g/mol. The molecule has 1 aliphatic rings. The van der Waals surface area contributed by atoms with Crippen molar-refractivity contribution in [2.24, 2.45) is 5.92 Å². The molecule has 6 heteroatoms. The van der Waals surface area contributed by atoms with Crippen LogP contribution in [0.3, 0.4) is 0 Å². The number of hydrogen-bond donors (Lipinski definition) is 1. The summed E-state index contributed by atoms with van der Waals surface area (Å²) >= 11 is 1.34. The Labute approximate surface area is 140 Å². The van der Waals surface area contributed by atoms with Crippen molar-refractivity contribution in [2.75, 3.05) is 25.0 Å². The molecule has 1 aromatic heterocycles. The fourth-order valence-electron chi connectivity index (χ4n) is 3.11. The molecule has 3 rings (SSSR count). The van der Waals surface area contributed by atoms with Gasteiger partial charge in [0.2, 0.25) is 11.0 Å². The number of nitrogens with one attached hydrogen (secondary N) is 1. The molecule has 2 aromatic rings. The van der Waals surface area contributed by atoms with Crippen molar-refractivity contribution in [3.05, 3.63) is 40.9 Å². The largest absolute Gasteiger partial charge is 0.299 e. The van der Waals surface area contributed by atoms with Crippen molar-refractivity contribution in [1.29, 1.82) is 0 Å². The number of aryl methyl sites for hydroxylation is 1. The minimum absolute atomic E-state index is 0.00210. The summed E-state index contributed by atoms with van der Waals surface area (Å²) in [5, 5.41) is 10.9. The van der Waals surface area contributed by atoms with Gasteiger partial charge in [0.1, 0.15) is 5.51 Å². The van der Waals surface area contributed by atoms with Gasteiger partial charge in [0.25, 0.3) is 0 Å². The van der Waals surface area contributed by atoms with Crippen LogP contribution >= 0.6 is 11.3 Å². The van der Waals surface area contributed by atoms with Crippen LogP contribution in [-0.4, -0.2) is 40.6 Å². The Kier molecular flexibility index (Phi) is 5.35. The van der Waals surface area contributed by atoms with Crippen molar-refractivity contribution in [1.82, 2.24) is 15.1 Å². The molecule has 122 valence electrons. The molecule has 0 radical (unpaired) electrons. The average Bonchev–Trinajstić information content (AvgIpc) is 3.03. The third-order valence-electron chi connectivity index (χ3n) is 4.22. The van der Waals surface area contributed by atoms with E-state index in [-0.39, 0.29) is 5.91 Å². The zero-order chi connectivity index (χ0) is 16.1. The Morgan fingerprint density at radius 1 is 1.39 bits per heavy atom. The molecule has 0 spiro atoms. The van der Waals surface area contributed by atoms with Crippen LogP contribution in [0.15, 0.2) is 29.8 Å². The van der Waals surface area contributed by atoms with Crippen LogP contribution in [0, 0.1) is 12.8 Å². The highest BCUT2D eigenvalue weighted by Crippen LogP contribution is 2.21. The second-order valence-corrected chi connectivity index (χ2v) is 7.06. The normalized spacial score (nSPS) is 18.7. The molecular weight excluding hydrogens is 308 g/mol. The summed E-state index contributed by atoms with van der Waals surface area (Å²) < 4.78 is 0. The highest BCUT2D eigenvalue weighted by molar-refractivity contribution is 7.13. The molecule has 1 aromatic carbocycles. The molecule has 23 heavy (non-hydrogen) atoms. The zero-order valence-electron chi connectivity index (χ0n) is 13.4. The number of rotatable bonds is 5. The molecule has 1 saturated heterocycles. The molecule has 1 unspecified atom stereocenters. The number of piperidine rings is 1. The maximum absolute atomic E-state index is 12.1. The number of aromatic nitrogens is 2. The standard InChI is InChI=1S/C17H22N4OS/c1-13-4-6-14(7-5-13)9-15-3-2-8-21(10-15)11-16(22)19-17-20-18-12-23-17/h4-7,12,15H,2-3,8-11H2,1H3,(H,19,20,22). The number of anilines is 1. The summed E-state index contributed by atoms with van der Waals surface area (Å²) in [4.78, 5) is 14.3. The van der Waals surface area contributed by atoms with E-state index >= 15 is 0 Å². The lowest BCUT2D eigenvalue weighted by Crippen LogP contribution is -2.41. The number of amides is 1. The predicted molar refractivity (Wildman–Crippen MR) is 92.6 cm³/mol. The van der Waals surface area contributed by atoms with E-state index in [0.29, 0.717) is 17.6 Å². The number of nitrogens with zero attached hydrogens (tertiary/aromatic N) is 3. The van der Waals surface area contributed by atoms with Crippen LogP contribution in [0.1, 0.15) is 24.0 Å². The summed E-state index contributed by atoms with van der Waals surface area (Å²) in [5.74, 6) is 0.624. The van der Waals surface area contributed by atoms with E-state index in [9.17, 15) is 4.79 Å². The van der Waals surface area contributed by atoms with Gasteiger partial charge in [-0.05, 0) is 44.2 Å². The van der Waals surface area contributed by atoms with Gasteiger partial charge in [0.15, 0.2) is 0 Å². The summed E-state index contributed by atoms with van der Waals surface area (Å²) in [6.07, 6.45) is 3.49. The Morgan fingerprint density at radius 3 is 2.96 bits per heavy atom. The Balaban J connectivity index is 1.49. The van der Waals surface area contributed by atoms with Gasteiger partial charge in [-0.15, -0.1) is 10.2 Å². The van der Waals surface area contributed by atoms with Crippen molar-refractivity contribution in [2.45, 2.75) is 26.2 Å². The van der Waals surface area contributed by atoms with E-state index in [2.05, 4.69) is 51.6 Å². The van der Waals surface area contributed by atoms with E-state index in [0.717, 1.165) is 25.9 Å². The fraction of sp³-hybridized carbons (Fsp3) is 0.471. The van der Waals surface area contributed by atoms with E-state index in [4.69, 9.17) is 0 Å². The van der Waals surface area contributed by atoms with Crippen molar-refractivity contribution >= 4 is 22.4 Å². The second kappa shape index (κ2) is 7.66. The van der Waals surface area contributed by atoms with Crippen molar-refractivity contribution in [3.63, 3.8) is 0 Å². The van der Waals surface area contributed by atoms with E-state index in [1.807, 2.05) is 0 Å². The predicted octanol–water partition coefficient (Wildman–Crippen LogP) is 2.74. The number of hydrogen-bond acceptors (Lipinski definition) is 5. The van der Waals surface area contributed by atoms with E-state index in [1.54, 1.807) is 5.51 Å². The summed E-state index contributed by atoms with van der Waals surface area (Å²) in [5.41, 5.74) is 4.31. The van der Waals surface area contributed by atoms with Crippen molar-refractivity contribution in [3.8, 4) is 0 Å². The Morgan fingerprint density at radius 2 is 2.22 bits per heavy atom. The van der Waals surface area contributed by atoms with Crippen LogP contribution in [0.25, 0.3) is 0 Å². The first kappa shape index (κ1) is 16.1. The van der Waals surface area contributed by atoms with Crippen LogP contribution < -0.4 is 5.32 Å². The van der Waals surface area contributed by atoms with Gasteiger partial charge >= 0.3 is 0 Å². The van der Waals surface area contributed by atoms with Gasteiger partial charge in [-0.3, -0.25) is 15.0 Å². The molecule has 0 aliphatic carbocycles. The number of benzene rings is 1. The maximum atomic E-state index is 12.1. The third kappa shape index (κ3) is 4.84. The summed E-state index contributed by atoms with van der Waals surface area (Å²) in [7, 11) is 0. The average molecular weight is 330 g/mol. The van der Waals surface area contributed by atoms with Crippen LogP contribution in [0.2, 0.25) is 0 Å². The Bertz CT molecular complexity index is 627. The van der Waals surface area contributed by atoms with Gasteiger partial charge < -0.3 is 0 Å². The quantitative estimate of drug-likeness (QED) is 0.916. The lowest BCUT2D eigenvalue weighted by molar-refractivity contribution is -0.117. The lowest BCUT2D eigenvalue weighted by atomic mass is 9.91. The van der Waals surface area contributed by atoms with E-state index < -0.39 is 0 Å². The fourth-order valence-corrected chi connectivity index (χ4v) is 3.57. The van der Waals surface area contributed by atoms with E-state index in [1.165, 1.54) is 28.9 Å². The lowest BCUT2D eigenvalue weighted by Gasteiger charge is -2.32. The molecule has 1 aliphatic heterocycles. The second-order valence-electron chi connectivity index (χ2n) is 6.23. The highest BCUT2D eigenvalue weighted by atomic mass is 32.1. The molecular formula is C17H22N4OS. The molecule has 1 N–H and O–H groups in total. The molecule has 1 fully saturated rings. The summed E-state index contributed by atoms with van der Waals surface area (Å²) in [6, 6.07) is 8.78. The maximum Gasteiger partial charge on any atom is 0.240 e. The highest BCUT2D eigenvalue weighted by Gasteiger charge is 2.22. The molecule has 1 amide bonds. The molecule has 0 saturated carbocycles. The SMILES string of the molecule is Cc1ccc(CC2CCCN(CC(=O)Nc3nncs3)C2)cc1. The number of carbonyl (C=O) groups excluding carboxylic acids is 1. The minimum atomic E-state index is -0.00210.